The zero-order valence-corrected chi connectivity index (χ0v) is 20.9. The number of carbonyl (C=O) groups is 1. The summed E-state index contributed by atoms with van der Waals surface area (Å²) in [5, 5.41) is 11.3. The van der Waals surface area contributed by atoms with Gasteiger partial charge in [0, 0.05) is 37.3 Å². The van der Waals surface area contributed by atoms with Gasteiger partial charge in [-0.3, -0.25) is 4.79 Å². The van der Waals surface area contributed by atoms with Crippen molar-refractivity contribution in [2.75, 3.05) is 24.6 Å². The highest BCUT2D eigenvalue weighted by atomic mass is 32.2. The topological polar surface area (TPSA) is 88.4 Å². The minimum absolute atomic E-state index is 0.606. The van der Waals surface area contributed by atoms with Gasteiger partial charge in [0.2, 0.25) is 5.95 Å². The van der Waals surface area contributed by atoms with E-state index in [1.165, 1.54) is 23.1 Å². The van der Waals surface area contributed by atoms with Crippen LogP contribution in [-0.2, 0) is 17.6 Å². The number of hydrogen-bond acceptors (Lipinski definition) is 8. The van der Waals surface area contributed by atoms with Crippen LogP contribution in [0.25, 0.3) is 0 Å². The lowest BCUT2D eigenvalue weighted by Gasteiger charge is -2.22. The number of rotatable bonds is 13. The number of carboxylic acid groups (broad SMARTS) is 1. The van der Waals surface area contributed by atoms with Crippen molar-refractivity contribution in [2.45, 2.75) is 49.1 Å². The van der Waals surface area contributed by atoms with Crippen LogP contribution >= 0.6 is 23.1 Å². The lowest BCUT2D eigenvalue weighted by atomic mass is 10.2. The molecule has 0 saturated heterocycles. The summed E-state index contributed by atoms with van der Waals surface area (Å²) in [6.45, 7) is 7.55. The fourth-order valence-electron chi connectivity index (χ4n) is 2.93. The molecule has 0 amide bonds. The average Bonchev–Trinajstić information content (AvgIpc) is 3.25. The molecule has 0 bridgehead atoms. The molecule has 2 heterocycles. The standard InChI is InChI=1S/C24H30N4O3S2/c1-4-18-15-25-22(26-16-18)28(12-8-14-31-20-9-6-5-7-10-20)13-11-19-17-32-23(27-19)33-24(2,3)21(29)30/h5-7,9-10,15-17H,4,8,11-14H2,1-3H3,(H,29,30). The Labute approximate surface area is 203 Å². The SMILES string of the molecule is CCc1cnc(N(CCCOc2ccccc2)CCc2csc(SC(C)(C)C(=O)O)n2)nc1. The molecule has 9 heteroatoms. The molecule has 2 aromatic heterocycles. The molecule has 0 unspecified atom stereocenters. The van der Waals surface area contributed by atoms with E-state index in [1.807, 2.05) is 48.1 Å². The van der Waals surface area contributed by atoms with Gasteiger partial charge < -0.3 is 14.7 Å². The molecule has 3 aromatic rings. The molecule has 7 nitrogen and oxygen atoms in total. The van der Waals surface area contributed by atoms with Crippen LogP contribution in [0, 0.1) is 0 Å². The number of hydrogen-bond donors (Lipinski definition) is 1. The lowest BCUT2D eigenvalue weighted by molar-refractivity contribution is -0.138. The maximum Gasteiger partial charge on any atom is 0.319 e. The fourth-order valence-corrected chi connectivity index (χ4v) is 5.16. The summed E-state index contributed by atoms with van der Waals surface area (Å²) in [5.74, 6) is 0.717. The Morgan fingerprint density at radius 2 is 1.91 bits per heavy atom. The van der Waals surface area contributed by atoms with Crippen LogP contribution in [0.3, 0.4) is 0 Å². The molecule has 1 N–H and O–H groups in total. The van der Waals surface area contributed by atoms with E-state index >= 15 is 0 Å². The summed E-state index contributed by atoms with van der Waals surface area (Å²) in [7, 11) is 0. The molecule has 176 valence electrons. The van der Waals surface area contributed by atoms with Crippen LogP contribution in [0.2, 0.25) is 0 Å². The minimum Gasteiger partial charge on any atom is -0.494 e. The van der Waals surface area contributed by atoms with Gasteiger partial charge in [0.15, 0.2) is 4.34 Å². The van der Waals surface area contributed by atoms with Crippen LogP contribution < -0.4 is 9.64 Å². The first kappa shape index (κ1) is 25.0. The normalized spacial score (nSPS) is 11.4. The third-order valence-electron chi connectivity index (χ3n) is 4.99. The smallest absolute Gasteiger partial charge is 0.319 e. The van der Waals surface area contributed by atoms with Crippen LogP contribution in [-0.4, -0.2) is 50.5 Å². The van der Waals surface area contributed by atoms with Crippen molar-refractivity contribution < 1.29 is 14.6 Å². The molecular weight excluding hydrogens is 456 g/mol. The quantitative estimate of drug-likeness (QED) is 0.268. The fraction of sp³-hybridized carbons (Fsp3) is 0.417. The van der Waals surface area contributed by atoms with Gasteiger partial charge in [-0.15, -0.1) is 11.3 Å². The van der Waals surface area contributed by atoms with E-state index in [0.29, 0.717) is 19.1 Å². The molecular formula is C24H30N4O3S2. The lowest BCUT2D eigenvalue weighted by Crippen LogP contribution is -2.30. The zero-order valence-electron chi connectivity index (χ0n) is 19.2. The summed E-state index contributed by atoms with van der Waals surface area (Å²) in [4.78, 5) is 27.3. The molecule has 0 atom stereocenters. The van der Waals surface area contributed by atoms with Crippen LogP contribution in [0.5, 0.6) is 5.75 Å². The maximum absolute atomic E-state index is 11.4. The number of aliphatic carboxylic acids is 1. The Hall–Kier alpha value is -2.65. The molecule has 33 heavy (non-hydrogen) atoms. The van der Waals surface area contributed by atoms with Crippen molar-refractivity contribution in [1.29, 1.82) is 0 Å². The Bertz CT molecular complexity index is 1010. The number of thiazole rings is 1. The highest BCUT2D eigenvalue weighted by Crippen LogP contribution is 2.34. The van der Waals surface area contributed by atoms with Crippen LogP contribution in [0.15, 0.2) is 52.4 Å². The minimum atomic E-state index is -0.908. The highest BCUT2D eigenvalue weighted by molar-refractivity contribution is 8.02. The second-order valence-electron chi connectivity index (χ2n) is 8.02. The van der Waals surface area contributed by atoms with Gasteiger partial charge in [-0.25, -0.2) is 15.0 Å². The van der Waals surface area contributed by atoms with E-state index in [4.69, 9.17) is 4.74 Å². The second-order valence-corrected chi connectivity index (χ2v) is 10.7. The number of anilines is 1. The van der Waals surface area contributed by atoms with Crippen molar-refractivity contribution in [1.82, 2.24) is 15.0 Å². The molecule has 3 rings (SSSR count). The zero-order chi connectivity index (χ0) is 23.7. The number of thioether (sulfide) groups is 1. The van der Waals surface area contributed by atoms with E-state index in [2.05, 4.69) is 26.8 Å². The molecule has 0 aliphatic heterocycles. The van der Waals surface area contributed by atoms with Crippen molar-refractivity contribution in [3.05, 3.63) is 59.4 Å². The maximum atomic E-state index is 11.4. The molecule has 0 aliphatic carbocycles. The Morgan fingerprint density at radius 3 is 2.58 bits per heavy atom. The predicted octanol–water partition coefficient (Wildman–Crippen LogP) is 4.97. The number of benzene rings is 1. The van der Waals surface area contributed by atoms with Gasteiger partial charge in [0.1, 0.15) is 10.5 Å². The number of carboxylic acids is 1. The number of aryl methyl sites for hydroxylation is 1. The first-order valence-corrected chi connectivity index (χ1v) is 12.7. The van der Waals surface area contributed by atoms with Crippen molar-refractivity contribution in [3.63, 3.8) is 0 Å². The highest BCUT2D eigenvalue weighted by Gasteiger charge is 2.29. The van der Waals surface area contributed by atoms with Crippen LogP contribution in [0.1, 0.15) is 38.4 Å². The second kappa shape index (κ2) is 12.0. The van der Waals surface area contributed by atoms with Gasteiger partial charge in [0.05, 0.1) is 12.3 Å². The molecule has 0 radical (unpaired) electrons. The summed E-state index contributed by atoms with van der Waals surface area (Å²) < 4.78 is 5.69. The Morgan fingerprint density at radius 1 is 1.18 bits per heavy atom. The average molecular weight is 487 g/mol. The van der Waals surface area contributed by atoms with Crippen molar-refractivity contribution >= 4 is 35.0 Å². The van der Waals surface area contributed by atoms with E-state index in [1.54, 1.807) is 13.8 Å². The number of para-hydroxylation sites is 1. The summed E-state index contributed by atoms with van der Waals surface area (Å²) in [6.07, 6.45) is 6.21. The van der Waals surface area contributed by atoms with E-state index in [-0.39, 0.29) is 0 Å². The Balaban J connectivity index is 1.59. The number of ether oxygens (including phenoxy) is 1. The monoisotopic (exact) mass is 486 g/mol. The van der Waals surface area contributed by atoms with E-state index in [9.17, 15) is 9.90 Å². The van der Waals surface area contributed by atoms with Crippen molar-refractivity contribution in [3.8, 4) is 5.75 Å². The van der Waals surface area contributed by atoms with Gasteiger partial charge in [-0.1, -0.05) is 36.9 Å². The third kappa shape index (κ3) is 7.71. The third-order valence-corrected chi connectivity index (χ3v) is 7.17. The Kier molecular flexibility index (Phi) is 9.08. The van der Waals surface area contributed by atoms with Gasteiger partial charge in [-0.05, 0) is 44.4 Å². The number of aromatic nitrogens is 3. The van der Waals surface area contributed by atoms with E-state index in [0.717, 1.165) is 47.2 Å². The number of nitrogens with zero attached hydrogens (tertiary/aromatic N) is 4. The largest absolute Gasteiger partial charge is 0.494 e. The molecule has 0 aliphatic rings. The first-order valence-electron chi connectivity index (χ1n) is 11.0. The van der Waals surface area contributed by atoms with Gasteiger partial charge in [-0.2, -0.15) is 0 Å². The van der Waals surface area contributed by atoms with E-state index < -0.39 is 10.7 Å². The van der Waals surface area contributed by atoms with Gasteiger partial charge in [0.25, 0.3) is 0 Å². The van der Waals surface area contributed by atoms with Gasteiger partial charge >= 0.3 is 5.97 Å². The molecule has 0 saturated carbocycles. The predicted molar refractivity (Wildman–Crippen MR) is 134 cm³/mol. The molecule has 0 fully saturated rings. The summed E-state index contributed by atoms with van der Waals surface area (Å²) in [5.41, 5.74) is 2.05. The summed E-state index contributed by atoms with van der Waals surface area (Å²) >= 11 is 2.76. The molecule has 1 aromatic carbocycles. The van der Waals surface area contributed by atoms with Crippen molar-refractivity contribution in [2.24, 2.45) is 0 Å². The molecule has 0 spiro atoms. The van der Waals surface area contributed by atoms with Crippen LogP contribution in [0.4, 0.5) is 5.95 Å². The summed E-state index contributed by atoms with van der Waals surface area (Å²) in [6, 6.07) is 9.80. The first-order chi connectivity index (χ1) is 15.9.